The molecule has 0 radical (unpaired) electrons. The predicted octanol–water partition coefficient (Wildman–Crippen LogP) is 4.06. The SMILES string of the molecule is CCN(c1ccccc1)S(=O)(=O)c1cccc(C(=O)Nc2cc(C)nn2-c2nc(C)cc(C)n2)c1. The molecule has 10 heteroatoms. The van der Waals surface area contributed by atoms with Gasteiger partial charge in [-0.3, -0.25) is 9.10 Å². The highest BCUT2D eigenvalue weighted by molar-refractivity contribution is 7.92. The minimum absolute atomic E-state index is 0.0261. The zero-order chi connectivity index (χ0) is 25.2. The van der Waals surface area contributed by atoms with Crippen LogP contribution in [0.4, 0.5) is 11.5 Å². The quantitative estimate of drug-likeness (QED) is 0.418. The largest absolute Gasteiger partial charge is 0.306 e. The number of para-hydroxylation sites is 1. The van der Waals surface area contributed by atoms with Gasteiger partial charge >= 0.3 is 0 Å². The maximum Gasteiger partial charge on any atom is 0.264 e. The molecule has 0 aliphatic heterocycles. The van der Waals surface area contributed by atoms with Gasteiger partial charge in [0.2, 0.25) is 0 Å². The Kier molecular flexibility index (Phi) is 6.65. The Morgan fingerprint density at radius 2 is 1.60 bits per heavy atom. The van der Waals surface area contributed by atoms with Crippen molar-refractivity contribution in [2.24, 2.45) is 0 Å². The molecule has 4 aromatic rings. The second-order valence-electron chi connectivity index (χ2n) is 8.02. The lowest BCUT2D eigenvalue weighted by molar-refractivity contribution is 0.102. The fourth-order valence-electron chi connectivity index (χ4n) is 3.74. The number of hydrogen-bond acceptors (Lipinski definition) is 6. The lowest BCUT2D eigenvalue weighted by atomic mass is 10.2. The molecule has 0 spiro atoms. The van der Waals surface area contributed by atoms with Gasteiger partial charge in [0.1, 0.15) is 5.82 Å². The van der Waals surface area contributed by atoms with E-state index in [1.165, 1.54) is 21.1 Å². The first kappa shape index (κ1) is 24.1. The first-order valence-electron chi connectivity index (χ1n) is 11.1. The highest BCUT2D eigenvalue weighted by Crippen LogP contribution is 2.24. The number of aryl methyl sites for hydroxylation is 3. The van der Waals surface area contributed by atoms with Crippen LogP contribution in [0.1, 0.15) is 34.4 Å². The highest BCUT2D eigenvalue weighted by Gasteiger charge is 2.25. The van der Waals surface area contributed by atoms with Crippen LogP contribution in [0.3, 0.4) is 0 Å². The van der Waals surface area contributed by atoms with Crippen LogP contribution < -0.4 is 9.62 Å². The number of carbonyl (C=O) groups is 1. The molecule has 0 atom stereocenters. The molecule has 0 fully saturated rings. The zero-order valence-corrected chi connectivity index (χ0v) is 20.7. The average Bonchev–Trinajstić information content (AvgIpc) is 3.19. The summed E-state index contributed by atoms with van der Waals surface area (Å²) in [5.74, 6) is 0.240. The van der Waals surface area contributed by atoms with Crippen LogP contribution in [0.2, 0.25) is 0 Å². The molecule has 2 heterocycles. The first-order chi connectivity index (χ1) is 16.7. The smallest absolute Gasteiger partial charge is 0.264 e. The van der Waals surface area contributed by atoms with Gasteiger partial charge in [-0.1, -0.05) is 24.3 Å². The summed E-state index contributed by atoms with van der Waals surface area (Å²) in [4.78, 5) is 22.0. The predicted molar refractivity (Wildman–Crippen MR) is 134 cm³/mol. The normalized spacial score (nSPS) is 11.3. The lowest BCUT2D eigenvalue weighted by Gasteiger charge is -2.23. The molecule has 0 aliphatic carbocycles. The van der Waals surface area contributed by atoms with Gasteiger partial charge < -0.3 is 5.32 Å². The molecule has 0 bridgehead atoms. The van der Waals surface area contributed by atoms with E-state index in [0.717, 1.165) is 11.4 Å². The Morgan fingerprint density at radius 3 is 2.26 bits per heavy atom. The van der Waals surface area contributed by atoms with E-state index in [-0.39, 0.29) is 17.0 Å². The second-order valence-corrected chi connectivity index (χ2v) is 9.88. The molecule has 9 nitrogen and oxygen atoms in total. The molecule has 180 valence electrons. The summed E-state index contributed by atoms with van der Waals surface area (Å²) in [5.41, 5.74) is 2.96. The summed E-state index contributed by atoms with van der Waals surface area (Å²) in [6, 6.07) is 18.4. The Balaban J connectivity index is 1.65. The van der Waals surface area contributed by atoms with Crippen LogP contribution in [-0.2, 0) is 10.0 Å². The molecular weight excluding hydrogens is 464 g/mol. The van der Waals surface area contributed by atoms with Gasteiger partial charge in [0.15, 0.2) is 0 Å². The maximum absolute atomic E-state index is 13.4. The fourth-order valence-corrected chi connectivity index (χ4v) is 5.26. The summed E-state index contributed by atoms with van der Waals surface area (Å²) in [7, 11) is -3.87. The molecule has 0 aliphatic rings. The minimum Gasteiger partial charge on any atom is -0.306 e. The number of hydrogen-bond donors (Lipinski definition) is 1. The molecular formula is C25H26N6O3S. The monoisotopic (exact) mass is 490 g/mol. The third kappa shape index (κ3) is 5.07. The number of aromatic nitrogens is 4. The van der Waals surface area contributed by atoms with Crippen molar-refractivity contribution in [3.8, 4) is 5.95 Å². The molecule has 0 saturated carbocycles. The van der Waals surface area contributed by atoms with Crippen LogP contribution in [-0.4, -0.2) is 40.6 Å². The van der Waals surface area contributed by atoms with Gasteiger partial charge in [-0.05, 0) is 64.1 Å². The number of rotatable bonds is 7. The molecule has 2 aromatic heterocycles. The van der Waals surface area contributed by atoms with E-state index in [0.29, 0.717) is 23.1 Å². The molecule has 1 N–H and O–H groups in total. The average molecular weight is 491 g/mol. The van der Waals surface area contributed by atoms with Gasteiger partial charge in [-0.15, -0.1) is 0 Å². The zero-order valence-electron chi connectivity index (χ0n) is 19.9. The third-order valence-corrected chi connectivity index (χ3v) is 7.15. The minimum atomic E-state index is -3.87. The van der Waals surface area contributed by atoms with Crippen molar-refractivity contribution in [3.05, 3.63) is 89.4 Å². The molecule has 35 heavy (non-hydrogen) atoms. The Labute approximate surface area is 204 Å². The van der Waals surface area contributed by atoms with E-state index < -0.39 is 15.9 Å². The molecule has 2 aromatic carbocycles. The van der Waals surface area contributed by atoms with Gasteiger partial charge in [0.25, 0.3) is 21.9 Å². The first-order valence-corrected chi connectivity index (χ1v) is 12.5. The van der Waals surface area contributed by atoms with Gasteiger partial charge in [0.05, 0.1) is 16.3 Å². The number of benzene rings is 2. The Hall–Kier alpha value is -4.05. The van der Waals surface area contributed by atoms with Gasteiger partial charge in [-0.2, -0.15) is 9.78 Å². The van der Waals surface area contributed by atoms with Crippen molar-refractivity contribution in [2.45, 2.75) is 32.6 Å². The third-order valence-electron chi connectivity index (χ3n) is 5.25. The van der Waals surface area contributed by atoms with Crippen molar-refractivity contribution in [2.75, 3.05) is 16.2 Å². The van der Waals surface area contributed by atoms with E-state index in [4.69, 9.17) is 0 Å². The topological polar surface area (TPSA) is 110 Å². The van der Waals surface area contributed by atoms with Crippen LogP contribution in [0, 0.1) is 20.8 Å². The number of nitrogens with zero attached hydrogens (tertiary/aromatic N) is 5. The number of carbonyl (C=O) groups excluding carboxylic acids is 1. The molecule has 0 saturated heterocycles. The van der Waals surface area contributed by atoms with Crippen LogP contribution in [0.25, 0.3) is 5.95 Å². The summed E-state index contributed by atoms with van der Waals surface area (Å²) in [5, 5.41) is 7.22. The van der Waals surface area contributed by atoms with Crippen molar-refractivity contribution < 1.29 is 13.2 Å². The van der Waals surface area contributed by atoms with Crippen LogP contribution in [0.15, 0.2) is 71.6 Å². The Bertz CT molecular complexity index is 1460. The lowest BCUT2D eigenvalue weighted by Crippen LogP contribution is -2.31. The summed E-state index contributed by atoms with van der Waals surface area (Å²) < 4.78 is 29.5. The maximum atomic E-state index is 13.4. The van der Waals surface area contributed by atoms with E-state index >= 15 is 0 Å². The van der Waals surface area contributed by atoms with Crippen molar-refractivity contribution >= 4 is 27.4 Å². The Morgan fingerprint density at radius 1 is 0.914 bits per heavy atom. The fraction of sp³-hybridized carbons (Fsp3) is 0.200. The van der Waals surface area contributed by atoms with E-state index in [9.17, 15) is 13.2 Å². The second kappa shape index (κ2) is 9.67. The molecule has 1 amide bonds. The molecule has 4 rings (SSSR count). The van der Waals surface area contributed by atoms with E-state index in [2.05, 4.69) is 20.4 Å². The summed E-state index contributed by atoms with van der Waals surface area (Å²) in [6.07, 6.45) is 0. The standard InChI is InChI=1S/C25H26N6O3S/c1-5-30(21-11-7-6-8-12-21)35(33,34)22-13-9-10-20(16-22)24(32)28-23-15-19(4)29-31(23)25-26-17(2)14-18(3)27-25/h6-16H,5H2,1-4H3,(H,28,32). The van der Waals surface area contributed by atoms with Crippen LogP contribution in [0.5, 0.6) is 0 Å². The van der Waals surface area contributed by atoms with Crippen LogP contribution >= 0.6 is 0 Å². The van der Waals surface area contributed by atoms with Crippen molar-refractivity contribution in [1.82, 2.24) is 19.7 Å². The molecule has 0 unspecified atom stereocenters. The highest BCUT2D eigenvalue weighted by atomic mass is 32.2. The van der Waals surface area contributed by atoms with Gasteiger partial charge in [-0.25, -0.2) is 18.4 Å². The number of anilines is 2. The number of sulfonamides is 1. The number of nitrogens with one attached hydrogen (secondary N) is 1. The van der Waals surface area contributed by atoms with Crippen molar-refractivity contribution in [1.29, 1.82) is 0 Å². The van der Waals surface area contributed by atoms with E-state index in [1.807, 2.05) is 26.0 Å². The summed E-state index contributed by atoms with van der Waals surface area (Å²) >= 11 is 0. The van der Waals surface area contributed by atoms with Crippen molar-refractivity contribution in [3.63, 3.8) is 0 Å². The summed E-state index contributed by atoms with van der Waals surface area (Å²) in [6.45, 7) is 7.52. The van der Waals surface area contributed by atoms with E-state index in [1.54, 1.807) is 56.3 Å². The van der Waals surface area contributed by atoms with Gasteiger partial charge in [0, 0.05) is 29.6 Å². The number of amides is 1.